The summed E-state index contributed by atoms with van der Waals surface area (Å²) in [5, 5.41) is 0. The van der Waals surface area contributed by atoms with Crippen molar-refractivity contribution >= 4 is 17.3 Å². The molecule has 0 atom stereocenters. The number of anilines is 2. The van der Waals surface area contributed by atoms with E-state index in [1.807, 2.05) is 25.1 Å². The summed E-state index contributed by atoms with van der Waals surface area (Å²) in [4.78, 5) is 13.1. The number of carbonyl (C=O) groups excluding carboxylic acids is 1. The fourth-order valence-electron chi connectivity index (χ4n) is 1.37. The van der Waals surface area contributed by atoms with Gasteiger partial charge in [0.2, 0.25) is 5.91 Å². The fraction of sp³-hybridized carbons (Fsp3) is 0.250. The quantitative estimate of drug-likeness (QED) is 0.606. The van der Waals surface area contributed by atoms with Gasteiger partial charge in [-0.15, -0.1) is 0 Å². The molecule has 0 aliphatic heterocycles. The van der Waals surface area contributed by atoms with Gasteiger partial charge < -0.3 is 10.6 Å². The van der Waals surface area contributed by atoms with Crippen LogP contribution in [-0.4, -0.2) is 12.5 Å². The minimum Gasteiger partial charge on any atom is -0.397 e. The molecule has 1 rings (SSSR count). The van der Waals surface area contributed by atoms with Crippen LogP contribution in [0.5, 0.6) is 0 Å². The summed E-state index contributed by atoms with van der Waals surface area (Å²) in [6.07, 6.45) is 0. The zero-order chi connectivity index (χ0) is 11.4. The SMILES string of the molecule is C=C(C)CN(C(C)=O)c1ccccc1N. The number of carbonyl (C=O) groups is 1. The lowest BCUT2D eigenvalue weighted by Crippen LogP contribution is -2.30. The van der Waals surface area contributed by atoms with E-state index < -0.39 is 0 Å². The molecule has 0 unspecified atom stereocenters. The molecule has 0 saturated carbocycles. The predicted octanol–water partition coefficient (Wildman–Crippen LogP) is 2.20. The van der Waals surface area contributed by atoms with Gasteiger partial charge in [-0.25, -0.2) is 0 Å². The van der Waals surface area contributed by atoms with Crippen LogP contribution in [0.4, 0.5) is 11.4 Å². The van der Waals surface area contributed by atoms with Gasteiger partial charge in [0.25, 0.3) is 0 Å². The van der Waals surface area contributed by atoms with E-state index in [1.165, 1.54) is 6.92 Å². The molecule has 1 amide bonds. The molecule has 15 heavy (non-hydrogen) atoms. The highest BCUT2D eigenvalue weighted by Gasteiger charge is 2.13. The van der Waals surface area contributed by atoms with Crippen molar-refractivity contribution in [1.29, 1.82) is 0 Å². The topological polar surface area (TPSA) is 46.3 Å². The van der Waals surface area contributed by atoms with Crippen LogP contribution in [0.15, 0.2) is 36.4 Å². The summed E-state index contributed by atoms with van der Waals surface area (Å²) < 4.78 is 0. The Hall–Kier alpha value is -1.77. The van der Waals surface area contributed by atoms with E-state index >= 15 is 0 Å². The lowest BCUT2D eigenvalue weighted by atomic mass is 10.2. The van der Waals surface area contributed by atoms with Crippen molar-refractivity contribution in [3.05, 3.63) is 36.4 Å². The Bertz CT molecular complexity index is 385. The normalized spacial score (nSPS) is 9.73. The molecule has 0 heterocycles. The van der Waals surface area contributed by atoms with Crippen molar-refractivity contribution in [1.82, 2.24) is 0 Å². The van der Waals surface area contributed by atoms with Crippen molar-refractivity contribution < 1.29 is 4.79 Å². The minimum absolute atomic E-state index is 0.0316. The maximum absolute atomic E-state index is 11.5. The molecule has 1 aromatic carbocycles. The molecule has 0 radical (unpaired) electrons. The zero-order valence-electron chi connectivity index (χ0n) is 9.16. The molecule has 0 spiro atoms. The Kier molecular flexibility index (Phi) is 3.50. The second kappa shape index (κ2) is 4.64. The third kappa shape index (κ3) is 2.84. The predicted molar refractivity (Wildman–Crippen MR) is 63.7 cm³/mol. The average molecular weight is 204 g/mol. The summed E-state index contributed by atoms with van der Waals surface area (Å²) in [6, 6.07) is 7.32. The summed E-state index contributed by atoms with van der Waals surface area (Å²) >= 11 is 0. The van der Waals surface area contributed by atoms with Gasteiger partial charge in [0.05, 0.1) is 11.4 Å². The van der Waals surface area contributed by atoms with Gasteiger partial charge in [-0.1, -0.05) is 24.3 Å². The second-order valence-corrected chi connectivity index (χ2v) is 3.62. The molecule has 0 saturated heterocycles. The van der Waals surface area contributed by atoms with Crippen molar-refractivity contribution in [2.45, 2.75) is 13.8 Å². The maximum atomic E-state index is 11.5. The van der Waals surface area contributed by atoms with Gasteiger partial charge in [0.15, 0.2) is 0 Å². The third-order valence-corrected chi connectivity index (χ3v) is 2.04. The minimum atomic E-state index is -0.0316. The number of hydrogen-bond donors (Lipinski definition) is 1. The van der Waals surface area contributed by atoms with Crippen LogP contribution in [0.2, 0.25) is 0 Å². The molecular weight excluding hydrogens is 188 g/mol. The Labute approximate surface area is 90.2 Å². The number of nitrogens with zero attached hydrogens (tertiary/aromatic N) is 1. The van der Waals surface area contributed by atoms with Crippen molar-refractivity contribution in [3.63, 3.8) is 0 Å². The number of rotatable bonds is 3. The van der Waals surface area contributed by atoms with E-state index in [-0.39, 0.29) is 5.91 Å². The Morgan fingerprint density at radius 3 is 2.47 bits per heavy atom. The molecule has 0 bridgehead atoms. The van der Waals surface area contributed by atoms with Crippen LogP contribution in [0.1, 0.15) is 13.8 Å². The number of para-hydroxylation sites is 2. The molecule has 1 aromatic rings. The number of hydrogen-bond acceptors (Lipinski definition) is 2. The molecule has 3 nitrogen and oxygen atoms in total. The van der Waals surface area contributed by atoms with Crippen LogP contribution in [0, 0.1) is 0 Å². The first-order chi connectivity index (χ1) is 7.02. The summed E-state index contributed by atoms with van der Waals surface area (Å²) in [7, 11) is 0. The van der Waals surface area contributed by atoms with E-state index in [2.05, 4.69) is 6.58 Å². The summed E-state index contributed by atoms with van der Waals surface area (Å²) in [5.41, 5.74) is 8.08. The highest BCUT2D eigenvalue weighted by molar-refractivity contribution is 5.95. The Morgan fingerprint density at radius 1 is 1.40 bits per heavy atom. The van der Waals surface area contributed by atoms with Crippen LogP contribution in [0.3, 0.4) is 0 Å². The largest absolute Gasteiger partial charge is 0.397 e. The summed E-state index contributed by atoms with van der Waals surface area (Å²) in [6.45, 7) is 7.71. The van der Waals surface area contributed by atoms with Gasteiger partial charge >= 0.3 is 0 Å². The van der Waals surface area contributed by atoms with E-state index in [9.17, 15) is 4.79 Å². The number of nitrogens with two attached hydrogens (primary N) is 1. The molecule has 0 fully saturated rings. The summed E-state index contributed by atoms with van der Waals surface area (Å²) in [5.74, 6) is -0.0316. The molecule has 2 N–H and O–H groups in total. The fourth-order valence-corrected chi connectivity index (χ4v) is 1.37. The van der Waals surface area contributed by atoms with Crippen LogP contribution < -0.4 is 10.6 Å². The zero-order valence-corrected chi connectivity index (χ0v) is 9.16. The highest BCUT2D eigenvalue weighted by atomic mass is 16.2. The van der Waals surface area contributed by atoms with Crippen molar-refractivity contribution in [3.8, 4) is 0 Å². The first kappa shape index (κ1) is 11.3. The molecule has 3 heteroatoms. The maximum Gasteiger partial charge on any atom is 0.224 e. The monoisotopic (exact) mass is 204 g/mol. The molecule has 0 aliphatic rings. The van der Waals surface area contributed by atoms with Gasteiger partial charge in [-0.2, -0.15) is 0 Å². The molecular formula is C12H16N2O. The first-order valence-electron chi connectivity index (χ1n) is 4.79. The van der Waals surface area contributed by atoms with Crippen molar-refractivity contribution in [2.24, 2.45) is 0 Å². The highest BCUT2D eigenvalue weighted by Crippen LogP contribution is 2.23. The number of nitrogen functional groups attached to an aromatic ring is 1. The van der Waals surface area contributed by atoms with E-state index in [4.69, 9.17) is 5.73 Å². The number of amides is 1. The lowest BCUT2D eigenvalue weighted by molar-refractivity contribution is -0.116. The van der Waals surface area contributed by atoms with E-state index in [1.54, 1.807) is 11.0 Å². The van der Waals surface area contributed by atoms with E-state index in [0.29, 0.717) is 12.2 Å². The Balaban J connectivity index is 3.04. The van der Waals surface area contributed by atoms with Crippen LogP contribution in [0.25, 0.3) is 0 Å². The first-order valence-corrected chi connectivity index (χ1v) is 4.79. The Morgan fingerprint density at radius 2 is 2.00 bits per heavy atom. The molecule has 0 aliphatic carbocycles. The lowest BCUT2D eigenvalue weighted by Gasteiger charge is -2.22. The third-order valence-electron chi connectivity index (χ3n) is 2.04. The van der Waals surface area contributed by atoms with Gasteiger partial charge in [0, 0.05) is 13.5 Å². The smallest absolute Gasteiger partial charge is 0.224 e. The number of benzene rings is 1. The average Bonchev–Trinajstić information content (AvgIpc) is 2.15. The van der Waals surface area contributed by atoms with Gasteiger partial charge in [-0.3, -0.25) is 4.79 Å². The van der Waals surface area contributed by atoms with Crippen LogP contribution in [-0.2, 0) is 4.79 Å². The van der Waals surface area contributed by atoms with E-state index in [0.717, 1.165) is 11.3 Å². The molecule has 0 aromatic heterocycles. The van der Waals surface area contributed by atoms with Crippen molar-refractivity contribution in [2.75, 3.05) is 17.2 Å². The molecule has 80 valence electrons. The van der Waals surface area contributed by atoms with Gasteiger partial charge in [-0.05, 0) is 19.1 Å². The standard InChI is InChI=1S/C12H16N2O/c1-9(2)8-14(10(3)15)12-7-5-4-6-11(12)13/h4-7H,1,8,13H2,2-3H3. The second-order valence-electron chi connectivity index (χ2n) is 3.62. The van der Waals surface area contributed by atoms with Gasteiger partial charge in [0.1, 0.15) is 0 Å². The van der Waals surface area contributed by atoms with Crippen LogP contribution >= 0.6 is 0 Å².